The monoisotopic (exact) mass is 262 g/mol. The summed E-state index contributed by atoms with van der Waals surface area (Å²) in [6, 6.07) is 0. The second kappa shape index (κ2) is 4.67. The summed E-state index contributed by atoms with van der Waals surface area (Å²) in [6.07, 6.45) is 3.28. The molecule has 5 nitrogen and oxygen atoms in total. The maximum Gasteiger partial charge on any atom is 0.116 e. The number of aliphatic hydroxyl groups excluding tert-OH is 3. The highest BCUT2D eigenvalue weighted by atomic mass is 16.3. The van der Waals surface area contributed by atoms with Crippen LogP contribution in [-0.4, -0.2) is 44.1 Å². The summed E-state index contributed by atoms with van der Waals surface area (Å²) in [5.41, 5.74) is 3.94. The SMILES string of the molecule is Cc1ncnc2c1CC=C2[C@@H]1C[C@H](CO)[C@@H](O)[C@H]1O. The van der Waals surface area contributed by atoms with Gasteiger partial charge in [0.25, 0.3) is 0 Å². The number of allylic oxidation sites excluding steroid dienone is 1. The summed E-state index contributed by atoms with van der Waals surface area (Å²) in [6.45, 7) is 1.85. The van der Waals surface area contributed by atoms with E-state index in [4.69, 9.17) is 0 Å². The molecule has 0 bridgehead atoms. The Bertz CT molecular complexity index is 529. The Labute approximate surface area is 111 Å². The van der Waals surface area contributed by atoms with E-state index in [-0.39, 0.29) is 18.4 Å². The number of nitrogens with zero attached hydrogens (tertiary/aromatic N) is 2. The first kappa shape index (κ1) is 12.7. The predicted molar refractivity (Wildman–Crippen MR) is 69.1 cm³/mol. The number of aryl methyl sites for hydroxylation is 1. The fourth-order valence-corrected chi connectivity index (χ4v) is 3.24. The van der Waals surface area contributed by atoms with Crippen molar-refractivity contribution in [1.29, 1.82) is 0 Å². The third-order valence-electron chi connectivity index (χ3n) is 4.40. The Morgan fingerprint density at radius 1 is 1.26 bits per heavy atom. The molecule has 0 aliphatic heterocycles. The summed E-state index contributed by atoms with van der Waals surface area (Å²) in [5.74, 6) is -0.407. The van der Waals surface area contributed by atoms with Crippen LogP contribution in [0.4, 0.5) is 0 Å². The molecule has 0 spiro atoms. The highest BCUT2D eigenvalue weighted by molar-refractivity contribution is 5.73. The minimum Gasteiger partial charge on any atom is -0.396 e. The molecule has 3 N–H and O–H groups in total. The molecule has 1 aromatic rings. The maximum atomic E-state index is 10.2. The molecule has 0 radical (unpaired) electrons. The molecule has 2 aliphatic rings. The summed E-state index contributed by atoms with van der Waals surface area (Å²) in [7, 11) is 0. The highest BCUT2D eigenvalue weighted by Crippen LogP contribution is 2.43. The van der Waals surface area contributed by atoms with Gasteiger partial charge in [-0.2, -0.15) is 0 Å². The van der Waals surface area contributed by atoms with Gasteiger partial charge in [0.15, 0.2) is 0 Å². The lowest BCUT2D eigenvalue weighted by molar-refractivity contribution is 0.000273. The van der Waals surface area contributed by atoms with E-state index >= 15 is 0 Å². The van der Waals surface area contributed by atoms with Crippen molar-refractivity contribution in [3.63, 3.8) is 0 Å². The van der Waals surface area contributed by atoms with Gasteiger partial charge < -0.3 is 15.3 Å². The molecule has 0 unspecified atom stereocenters. The number of hydrogen-bond acceptors (Lipinski definition) is 5. The van der Waals surface area contributed by atoms with Gasteiger partial charge in [-0.3, -0.25) is 0 Å². The first-order chi connectivity index (χ1) is 9.13. The second-order valence-electron chi connectivity index (χ2n) is 5.42. The summed E-state index contributed by atoms with van der Waals surface area (Å²) >= 11 is 0. The van der Waals surface area contributed by atoms with Gasteiger partial charge in [-0.15, -0.1) is 0 Å². The molecule has 1 aromatic heterocycles. The first-order valence-corrected chi connectivity index (χ1v) is 6.61. The van der Waals surface area contributed by atoms with Crippen LogP contribution in [0.1, 0.15) is 23.4 Å². The van der Waals surface area contributed by atoms with Crippen LogP contribution in [0.5, 0.6) is 0 Å². The third-order valence-corrected chi connectivity index (χ3v) is 4.40. The van der Waals surface area contributed by atoms with Crippen molar-refractivity contribution in [3.05, 3.63) is 29.4 Å². The molecule has 5 heteroatoms. The zero-order chi connectivity index (χ0) is 13.6. The largest absolute Gasteiger partial charge is 0.396 e. The number of fused-ring (bicyclic) bond motifs is 1. The fraction of sp³-hybridized carbons (Fsp3) is 0.571. The van der Waals surface area contributed by atoms with Gasteiger partial charge in [0.1, 0.15) is 6.33 Å². The predicted octanol–water partition coefficient (Wildman–Crippen LogP) is 0.0747. The van der Waals surface area contributed by atoms with E-state index in [9.17, 15) is 15.3 Å². The van der Waals surface area contributed by atoms with Gasteiger partial charge in [0.05, 0.1) is 17.9 Å². The lowest BCUT2D eigenvalue weighted by Crippen LogP contribution is -2.29. The smallest absolute Gasteiger partial charge is 0.116 e. The molecule has 19 heavy (non-hydrogen) atoms. The molecule has 1 saturated carbocycles. The van der Waals surface area contributed by atoms with Gasteiger partial charge in [-0.1, -0.05) is 6.08 Å². The maximum absolute atomic E-state index is 10.2. The third kappa shape index (κ3) is 1.89. The van der Waals surface area contributed by atoms with Gasteiger partial charge in [-0.25, -0.2) is 9.97 Å². The van der Waals surface area contributed by atoms with Crippen molar-refractivity contribution >= 4 is 5.57 Å². The van der Waals surface area contributed by atoms with Crippen LogP contribution in [0.2, 0.25) is 0 Å². The van der Waals surface area contributed by atoms with Gasteiger partial charge >= 0.3 is 0 Å². The molecule has 4 atom stereocenters. The Morgan fingerprint density at radius 3 is 2.74 bits per heavy atom. The normalized spacial score (nSPS) is 33.4. The van der Waals surface area contributed by atoms with Crippen LogP contribution in [0.25, 0.3) is 5.57 Å². The highest BCUT2D eigenvalue weighted by Gasteiger charge is 2.44. The second-order valence-corrected chi connectivity index (χ2v) is 5.42. The molecule has 0 saturated heterocycles. The Kier molecular flexibility index (Phi) is 3.12. The fourth-order valence-electron chi connectivity index (χ4n) is 3.24. The first-order valence-electron chi connectivity index (χ1n) is 6.61. The van der Waals surface area contributed by atoms with Crippen LogP contribution >= 0.6 is 0 Å². The molecule has 0 aromatic carbocycles. The average molecular weight is 262 g/mol. The molecule has 1 heterocycles. The number of rotatable bonds is 2. The van der Waals surface area contributed by atoms with Gasteiger partial charge in [0, 0.05) is 29.7 Å². The van der Waals surface area contributed by atoms with Crippen molar-refractivity contribution in [1.82, 2.24) is 9.97 Å². The zero-order valence-corrected chi connectivity index (χ0v) is 10.8. The molecule has 3 rings (SSSR count). The summed E-state index contributed by atoms with van der Waals surface area (Å²) in [4.78, 5) is 8.50. The van der Waals surface area contributed by atoms with Crippen molar-refractivity contribution in [2.45, 2.75) is 32.0 Å². The Morgan fingerprint density at radius 2 is 2.05 bits per heavy atom. The molecular weight excluding hydrogens is 244 g/mol. The van der Waals surface area contributed by atoms with Crippen LogP contribution in [0.15, 0.2) is 12.4 Å². The molecule has 2 aliphatic carbocycles. The zero-order valence-electron chi connectivity index (χ0n) is 10.8. The van der Waals surface area contributed by atoms with Gasteiger partial charge in [-0.05, 0) is 25.3 Å². The molecule has 0 amide bonds. The number of aromatic nitrogens is 2. The van der Waals surface area contributed by atoms with Crippen LogP contribution in [0.3, 0.4) is 0 Å². The Hall–Kier alpha value is -1.30. The quantitative estimate of drug-likeness (QED) is 0.702. The minimum atomic E-state index is -0.858. The Balaban J connectivity index is 1.92. The molecular formula is C14H18N2O3. The van der Waals surface area contributed by atoms with Crippen LogP contribution in [-0.2, 0) is 6.42 Å². The lowest BCUT2D eigenvalue weighted by atomic mass is 9.93. The van der Waals surface area contributed by atoms with E-state index in [0.717, 1.165) is 28.9 Å². The lowest BCUT2D eigenvalue weighted by Gasteiger charge is -2.18. The van der Waals surface area contributed by atoms with Crippen molar-refractivity contribution in [2.75, 3.05) is 6.61 Å². The van der Waals surface area contributed by atoms with E-state index in [1.807, 2.05) is 6.92 Å². The van der Waals surface area contributed by atoms with E-state index in [0.29, 0.717) is 6.42 Å². The van der Waals surface area contributed by atoms with Crippen molar-refractivity contribution in [2.24, 2.45) is 11.8 Å². The standard InChI is InChI=1S/C14H18N2O3/c1-7-9-2-3-10(12(9)16-6-15-7)11-4-8(5-17)13(18)14(11)19/h3,6,8,11,13-14,17-19H,2,4-5H2,1H3/t8-,11+,13-,14+/m1/s1. The summed E-state index contributed by atoms with van der Waals surface area (Å²) < 4.78 is 0. The number of hydrogen-bond donors (Lipinski definition) is 3. The topological polar surface area (TPSA) is 86.5 Å². The number of aliphatic hydroxyl groups is 3. The van der Waals surface area contributed by atoms with E-state index in [1.165, 1.54) is 6.33 Å². The van der Waals surface area contributed by atoms with Crippen molar-refractivity contribution < 1.29 is 15.3 Å². The van der Waals surface area contributed by atoms with Crippen molar-refractivity contribution in [3.8, 4) is 0 Å². The van der Waals surface area contributed by atoms with Crippen LogP contribution < -0.4 is 0 Å². The van der Waals surface area contributed by atoms with E-state index in [2.05, 4.69) is 16.0 Å². The minimum absolute atomic E-state index is 0.0995. The summed E-state index contributed by atoms with van der Waals surface area (Å²) in [5, 5.41) is 29.3. The van der Waals surface area contributed by atoms with E-state index in [1.54, 1.807) is 0 Å². The molecule has 1 fully saturated rings. The average Bonchev–Trinajstić information content (AvgIpc) is 2.94. The molecule has 102 valence electrons. The van der Waals surface area contributed by atoms with E-state index < -0.39 is 12.2 Å². The van der Waals surface area contributed by atoms with Gasteiger partial charge in [0.2, 0.25) is 0 Å². The van der Waals surface area contributed by atoms with Crippen LogP contribution in [0, 0.1) is 18.8 Å².